The Labute approximate surface area is 370 Å². The van der Waals surface area contributed by atoms with Crippen molar-refractivity contribution in [3.05, 3.63) is 235 Å². The zero-order valence-corrected chi connectivity index (χ0v) is 36.2. The molecule has 12 rings (SSSR count). The zero-order valence-electron chi connectivity index (χ0n) is 36.2. The van der Waals surface area contributed by atoms with Gasteiger partial charge in [0, 0.05) is 27.8 Å². The zero-order chi connectivity index (χ0) is 42.5. The molecule has 0 unspecified atom stereocenters. The molecule has 0 saturated heterocycles. The third-order valence-corrected chi connectivity index (χ3v) is 14.3. The molecular formula is C62H47N. The first-order valence-electron chi connectivity index (χ1n) is 22.3. The van der Waals surface area contributed by atoms with Crippen LogP contribution >= 0.6 is 0 Å². The van der Waals surface area contributed by atoms with E-state index in [2.05, 4.69) is 245 Å². The summed E-state index contributed by atoms with van der Waals surface area (Å²) in [5.41, 5.74) is 21.2. The van der Waals surface area contributed by atoms with Gasteiger partial charge < -0.3 is 4.90 Å². The summed E-state index contributed by atoms with van der Waals surface area (Å²) in [6.07, 6.45) is 0. The topological polar surface area (TPSA) is 3.24 Å². The summed E-state index contributed by atoms with van der Waals surface area (Å²) in [5, 5.41) is 5.15. The average Bonchev–Trinajstić information content (AvgIpc) is 3.70. The second kappa shape index (κ2) is 14.0. The summed E-state index contributed by atoms with van der Waals surface area (Å²) in [7, 11) is 0. The van der Waals surface area contributed by atoms with Crippen molar-refractivity contribution in [2.75, 3.05) is 4.90 Å². The molecule has 10 aromatic carbocycles. The number of para-hydroxylation sites is 1. The van der Waals surface area contributed by atoms with Crippen LogP contribution in [0.25, 0.3) is 77.2 Å². The van der Waals surface area contributed by atoms with Crippen LogP contribution in [0.15, 0.2) is 212 Å². The van der Waals surface area contributed by atoms with Crippen LogP contribution in [-0.2, 0) is 10.8 Å². The van der Waals surface area contributed by atoms with E-state index in [0.29, 0.717) is 0 Å². The van der Waals surface area contributed by atoms with Crippen molar-refractivity contribution in [2.45, 2.75) is 38.5 Å². The number of anilines is 3. The number of hydrogen-bond donors (Lipinski definition) is 0. The first-order chi connectivity index (χ1) is 30.8. The quantitative estimate of drug-likeness (QED) is 0.151. The van der Waals surface area contributed by atoms with Gasteiger partial charge in [-0.1, -0.05) is 191 Å². The summed E-state index contributed by atoms with van der Waals surface area (Å²) >= 11 is 0. The van der Waals surface area contributed by atoms with Crippen LogP contribution < -0.4 is 4.90 Å². The Kier molecular flexibility index (Phi) is 8.30. The Morgan fingerprint density at radius 1 is 0.286 bits per heavy atom. The summed E-state index contributed by atoms with van der Waals surface area (Å²) in [6.45, 7) is 9.60. The maximum absolute atomic E-state index is 2.50. The average molecular weight is 806 g/mol. The van der Waals surface area contributed by atoms with Gasteiger partial charge in [-0.25, -0.2) is 0 Å². The summed E-state index contributed by atoms with van der Waals surface area (Å²) in [4.78, 5) is 2.50. The highest BCUT2D eigenvalue weighted by molar-refractivity contribution is 6.14. The molecule has 0 fully saturated rings. The second-order valence-electron chi connectivity index (χ2n) is 18.5. The minimum Gasteiger partial charge on any atom is -0.310 e. The van der Waals surface area contributed by atoms with Crippen LogP contribution in [0.2, 0.25) is 0 Å². The Morgan fingerprint density at radius 3 is 1.38 bits per heavy atom. The lowest BCUT2D eigenvalue weighted by molar-refractivity contribution is 0.660. The smallest absolute Gasteiger partial charge is 0.0540 e. The number of hydrogen-bond acceptors (Lipinski definition) is 1. The molecule has 300 valence electrons. The highest BCUT2D eigenvalue weighted by Gasteiger charge is 2.38. The molecule has 2 aliphatic carbocycles. The van der Waals surface area contributed by atoms with E-state index >= 15 is 0 Å². The van der Waals surface area contributed by atoms with Crippen LogP contribution in [-0.4, -0.2) is 0 Å². The van der Waals surface area contributed by atoms with Crippen molar-refractivity contribution >= 4 is 38.6 Å². The van der Waals surface area contributed by atoms with Crippen LogP contribution in [0, 0.1) is 0 Å². The Bertz CT molecular complexity index is 3440. The number of nitrogens with zero attached hydrogens (tertiary/aromatic N) is 1. The van der Waals surface area contributed by atoms with Crippen molar-refractivity contribution < 1.29 is 0 Å². The maximum atomic E-state index is 2.50. The van der Waals surface area contributed by atoms with E-state index in [-0.39, 0.29) is 10.8 Å². The summed E-state index contributed by atoms with van der Waals surface area (Å²) in [5.74, 6) is 0. The van der Waals surface area contributed by atoms with Gasteiger partial charge in [-0.15, -0.1) is 0 Å². The van der Waals surface area contributed by atoms with Crippen LogP contribution in [0.5, 0.6) is 0 Å². The molecule has 1 nitrogen and oxygen atoms in total. The molecule has 0 heterocycles. The number of rotatable bonds is 6. The van der Waals surface area contributed by atoms with Crippen LogP contribution in [0.4, 0.5) is 17.1 Å². The minimum atomic E-state index is -0.230. The summed E-state index contributed by atoms with van der Waals surface area (Å²) < 4.78 is 0. The Hall–Kier alpha value is -7.48. The van der Waals surface area contributed by atoms with E-state index in [1.165, 1.54) is 99.4 Å². The van der Waals surface area contributed by atoms with E-state index in [1.807, 2.05) is 0 Å². The fraction of sp³-hybridized carbons (Fsp3) is 0.0968. The Morgan fingerprint density at radius 2 is 0.746 bits per heavy atom. The van der Waals surface area contributed by atoms with Gasteiger partial charge in [0.15, 0.2) is 0 Å². The first kappa shape index (κ1) is 37.3. The molecule has 0 saturated carbocycles. The van der Waals surface area contributed by atoms with Gasteiger partial charge in [0.2, 0.25) is 0 Å². The van der Waals surface area contributed by atoms with Gasteiger partial charge in [0.25, 0.3) is 0 Å². The van der Waals surface area contributed by atoms with Crippen LogP contribution in [0.3, 0.4) is 0 Å². The van der Waals surface area contributed by atoms with E-state index < -0.39 is 0 Å². The van der Waals surface area contributed by atoms with Gasteiger partial charge in [-0.3, -0.25) is 0 Å². The molecule has 63 heavy (non-hydrogen) atoms. The second-order valence-corrected chi connectivity index (χ2v) is 18.5. The lowest BCUT2D eigenvalue weighted by atomic mass is 9.81. The van der Waals surface area contributed by atoms with Crippen molar-refractivity contribution in [2.24, 2.45) is 0 Å². The van der Waals surface area contributed by atoms with E-state index in [4.69, 9.17) is 0 Å². The van der Waals surface area contributed by atoms with Crippen molar-refractivity contribution in [3.63, 3.8) is 0 Å². The lowest BCUT2D eigenvalue weighted by Crippen LogP contribution is -2.18. The molecule has 0 spiro atoms. The predicted molar refractivity (Wildman–Crippen MR) is 268 cm³/mol. The van der Waals surface area contributed by atoms with E-state index in [9.17, 15) is 0 Å². The summed E-state index contributed by atoms with van der Waals surface area (Å²) in [6, 6.07) is 79.1. The van der Waals surface area contributed by atoms with Gasteiger partial charge in [-0.2, -0.15) is 0 Å². The molecule has 0 atom stereocenters. The highest BCUT2D eigenvalue weighted by Crippen LogP contribution is 2.55. The number of fused-ring (bicyclic) bond motifs is 9. The SMILES string of the molecule is CC1(C)c2cc(-c3ccccc3)ccc2-c2ccc(N(c3ccc4c(c3)C(C)(C)c3cc(-c5cc6ccccc6c6ccccc56)ccc3-4)c3ccccc3-c3ccccc3)cc21. The number of benzene rings is 10. The van der Waals surface area contributed by atoms with Crippen molar-refractivity contribution in [3.8, 4) is 55.6 Å². The van der Waals surface area contributed by atoms with E-state index in [0.717, 1.165) is 17.1 Å². The molecule has 0 aliphatic heterocycles. The Balaban J connectivity index is 1.000. The van der Waals surface area contributed by atoms with Gasteiger partial charge in [-0.05, 0) is 142 Å². The predicted octanol–water partition coefficient (Wildman–Crippen LogP) is 17.1. The standard InChI is InChI=1S/C62H47N/c1-61(2)56-36-42(40-17-7-5-8-18-40)27-31-51(56)53-33-29-45(38-58(53)61)63(60-26-16-15-23-48(60)41-19-9-6-10-20-41)46-30-34-54-52-32-28-44(37-57(52)62(3,4)59(54)39-46)55-35-43-21-11-12-22-47(43)49-24-13-14-25-50(49)55/h5-39H,1-4H3. The van der Waals surface area contributed by atoms with Gasteiger partial charge in [0.05, 0.1) is 5.69 Å². The highest BCUT2D eigenvalue weighted by atomic mass is 15.1. The molecule has 0 N–H and O–H groups in total. The largest absolute Gasteiger partial charge is 0.310 e. The first-order valence-corrected chi connectivity index (χ1v) is 22.3. The lowest BCUT2D eigenvalue weighted by Gasteiger charge is -2.31. The minimum absolute atomic E-state index is 0.189. The molecular weight excluding hydrogens is 759 g/mol. The third kappa shape index (κ3) is 5.76. The van der Waals surface area contributed by atoms with Crippen molar-refractivity contribution in [1.29, 1.82) is 0 Å². The third-order valence-electron chi connectivity index (χ3n) is 14.3. The molecule has 0 aromatic heterocycles. The molecule has 0 amide bonds. The van der Waals surface area contributed by atoms with Crippen LogP contribution in [0.1, 0.15) is 49.9 Å². The van der Waals surface area contributed by atoms with Crippen molar-refractivity contribution in [1.82, 2.24) is 0 Å². The molecule has 2 aliphatic rings. The molecule has 1 heteroatoms. The fourth-order valence-electron chi connectivity index (χ4n) is 11.0. The maximum Gasteiger partial charge on any atom is 0.0540 e. The van der Waals surface area contributed by atoms with E-state index in [1.54, 1.807) is 0 Å². The van der Waals surface area contributed by atoms with Gasteiger partial charge >= 0.3 is 0 Å². The van der Waals surface area contributed by atoms with Gasteiger partial charge in [0.1, 0.15) is 0 Å². The fourth-order valence-corrected chi connectivity index (χ4v) is 11.0. The molecule has 10 aromatic rings. The monoisotopic (exact) mass is 805 g/mol. The molecule has 0 radical (unpaired) electrons. The molecule has 0 bridgehead atoms. The normalized spacial score (nSPS) is 14.0.